The normalized spacial score (nSPS) is 22.5. The first-order chi connectivity index (χ1) is 10.5. The molecule has 0 saturated heterocycles. The van der Waals surface area contributed by atoms with E-state index in [2.05, 4.69) is 35.6 Å². The number of hydrogen-bond acceptors (Lipinski definition) is 2. The summed E-state index contributed by atoms with van der Waals surface area (Å²) in [5, 5.41) is 12.6. The lowest BCUT2D eigenvalue weighted by Gasteiger charge is -2.29. The molecule has 22 heavy (non-hydrogen) atoms. The zero-order valence-electron chi connectivity index (χ0n) is 13.8. The van der Waals surface area contributed by atoms with Crippen molar-refractivity contribution < 1.29 is 9.90 Å². The average Bonchev–Trinajstić information content (AvgIpc) is 2.53. The maximum Gasteiger partial charge on any atom is 0.309 e. The Morgan fingerprint density at radius 2 is 1.82 bits per heavy atom. The van der Waals surface area contributed by atoms with Crippen molar-refractivity contribution in [1.82, 2.24) is 5.32 Å². The first-order valence-electron chi connectivity index (χ1n) is 8.48. The fraction of sp³-hybridized carbons (Fsp3) is 0.632. The smallest absolute Gasteiger partial charge is 0.309 e. The van der Waals surface area contributed by atoms with Crippen LogP contribution in [0.1, 0.15) is 57.4 Å². The van der Waals surface area contributed by atoms with Crippen LogP contribution in [-0.2, 0) is 4.79 Å². The molecule has 2 N–H and O–H groups in total. The molecule has 0 atom stereocenters. The van der Waals surface area contributed by atoms with E-state index >= 15 is 0 Å². The molecular formula is C19H29NO2. The van der Waals surface area contributed by atoms with Crippen LogP contribution in [0.25, 0.3) is 0 Å². The largest absolute Gasteiger partial charge is 0.481 e. The lowest BCUT2D eigenvalue weighted by Crippen LogP contribution is -2.32. The van der Waals surface area contributed by atoms with Gasteiger partial charge in [-0.25, -0.2) is 0 Å². The van der Waals surface area contributed by atoms with Gasteiger partial charge in [0.05, 0.1) is 5.41 Å². The van der Waals surface area contributed by atoms with Crippen molar-refractivity contribution in [2.75, 3.05) is 13.1 Å². The second-order valence-electron chi connectivity index (χ2n) is 7.27. The predicted molar refractivity (Wildman–Crippen MR) is 90.0 cm³/mol. The summed E-state index contributed by atoms with van der Waals surface area (Å²) >= 11 is 0. The topological polar surface area (TPSA) is 49.3 Å². The van der Waals surface area contributed by atoms with E-state index in [9.17, 15) is 4.79 Å². The van der Waals surface area contributed by atoms with E-state index in [1.807, 2.05) is 0 Å². The second kappa shape index (κ2) is 7.77. The molecule has 3 nitrogen and oxygen atoms in total. The molecule has 1 aliphatic carbocycles. The summed E-state index contributed by atoms with van der Waals surface area (Å²) in [7, 11) is 0. The zero-order valence-corrected chi connectivity index (χ0v) is 13.8. The fourth-order valence-electron chi connectivity index (χ4n) is 3.24. The molecular weight excluding hydrogens is 274 g/mol. The summed E-state index contributed by atoms with van der Waals surface area (Å²) in [6.07, 6.45) is 5.78. The molecule has 1 fully saturated rings. The highest BCUT2D eigenvalue weighted by Crippen LogP contribution is 2.35. The molecule has 0 amide bonds. The van der Waals surface area contributed by atoms with E-state index in [1.54, 1.807) is 13.8 Å². The number of benzene rings is 1. The van der Waals surface area contributed by atoms with Gasteiger partial charge in [-0.3, -0.25) is 4.79 Å². The first-order valence-corrected chi connectivity index (χ1v) is 8.48. The van der Waals surface area contributed by atoms with E-state index in [4.69, 9.17) is 5.11 Å². The predicted octanol–water partition coefficient (Wildman–Crippen LogP) is 4.05. The van der Waals surface area contributed by atoms with E-state index in [0.717, 1.165) is 24.9 Å². The third kappa shape index (κ3) is 4.84. The number of aliphatic carboxylic acids is 1. The number of carboxylic acids is 1. The Morgan fingerprint density at radius 1 is 1.18 bits per heavy atom. The van der Waals surface area contributed by atoms with E-state index < -0.39 is 11.4 Å². The van der Waals surface area contributed by atoms with Crippen molar-refractivity contribution in [1.29, 1.82) is 0 Å². The monoisotopic (exact) mass is 303 g/mol. The fourth-order valence-corrected chi connectivity index (χ4v) is 3.24. The van der Waals surface area contributed by atoms with Crippen LogP contribution in [0.15, 0.2) is 30.3 Å². The summed E-state index contributed by atoms with van der Waals surface area (Å²) in [6, 6.07) is 10.8. The van der Waals surface area contributed by atoms with Crippen LogP contribution >= 0.6 is 0 Å². The molecule has 1 aliphatic rings. The molecule has 0 aliphatic heterocycles. The van der Waals surface area contributed by atoms with Crippen LogP contribution in [-0.4, -0.2) is 24.2 Å². The molecule has 0 heterocycles. The molecule has 122 valence electrons. The molecule has 0 radical (unpaired) electrons. The molecule has 0 spiro atoms. The standard InChI is InChI=1S/C19H29NO2/c1-19(2,18(21)22)12-13-20-14-15-8-10-17(11-9-15)16-6-4-3-5-7-16/h3-7,15,17,20H,8-14H2,1-2H3,(H,21,22). The summed E-state index contributed by atoms with van der Waals surface area (Å²) in [5.74, 6) is 0.758. The minimum absolute atomic E-state index is 0.627. The van der Waals surface area contributed by atoms with E-state index in [1.165, 1.54) is 31.2 Å². The zero-order chi connectivity index (χ0) is 16.0. The van der Waals surface area contributed by atoms with Crippen molar-refractivity contribution in [3.05, 3.63) is 35.9 Å². The van der Waals surface area contributed by atoms with Gasteiger partial charge in [0.1, 0.15) is 0 Å². The van der Waals surface area contributed by atoms with Crippen LogP contribution in [0.2, 0.25) is 0 Å². The molecule has 1 saturated carbocycles. The number of carbonyl (C=O) groups is 1. The highest BCUT2D eigenvalue weighted by Gasteiger charge is 2.26. The Hall–Kier alpha value is -1.35. The maximum atomic E-state index is 11.1. The van der Waals surface area contributed by atoms with Crippen LogP contribution in [0, 0.1) is 11.3 Å². The number of carboxylic acid groups (broad SMARTS) is 1. The molecule has 3 heteroatoms. The van der Waals surface area contributed by atoms with Crippen molar-refractivity contribution in [2.24, 2.45) is 11.3 Å². The molecule has 1 aromatic rings. The number of hydrogen-bond donors (Lipinski definition) is 2. The summed E-state index contributed by atoms with van der Waals surface area (Å²) < 4.78 is 0. The lowest BCUT2D eigenvalue weighted by atomic mass is 9.78. The first kappa shape index (κ1) is 17.0. The summed E-state index contributed by atoms with van der Waals surface area (Å²) in [5.41, 5.74) is 0.856. The number of rotatable bonds is 7. The second-order valence-corrected chi connectivity index (χ2v) is 7.27. The quantitative estimate of drug-likeness (QED) is 0.747. The third-order valence-corrected chi connectivity index (χ3v) is 5.06. The average molecular weight is 303 g/mol. The van der Waals surface area contributed by atoms with Crippen molar-refractivity contribution in [2.45, 2.75) is 51.9 Å². The summed E-state index contributed by atoms with van der Waals surface area (Å²) in [6.45, 7) is 5.40. The van der Waals surface area contributed by atoms with Crippen molar-refractivity contribution >= 4 is 5.97 Å². The lowest BCUT2D eigenvalue weighted by molar-refractivity contribution is -0.147. The van der Waals surface area contributed by atoms with Crippen LogP contribution in [0.5, 0.6) is 0 Å². The molecule has 0 bridgehead atoms. The Labute approximate surface area is 134 Å². The van der Waals surface area contributed by atoms with Gasteiger partial charge in [0.25, 0.3) is 0 Å². The molecule has 1 aromatic carbocycles. The van der Waals surface area contributed by atoms with Gasteiger partial charge in [0, 0.05) is 0 Å². The van der Waals surface area contributed by atoms with Gasteiger partial charge >= 0.3 is 5.97 Å². The van der Waals surface area contributed by atoms with Gasteiger partial charge < -0.3 is 10.4 Å². The Balaban J connectivity index is 1.65. The van der Waals surface area contributed by atoms with Gasteiger partial charge in [-0.1, -0.05) is 30.3 Å². The van der Waals surface area contributed by atoms with E-state index in [-0.39, 0.29) is 0 Å². The van der Waals surface area contributed by atoms with Crippen molar-refractivity contribution in [3.63, 3.8) is 0 Å². The molecule has 2 rings (SSSR count). The van der Waals surface area contributed by atoms with Gasteiger partial charge in [-0.15, -0.1) is 0 Å². The SMILES string of the molecule is CC(C)(CCNCC1CCC(c2ccccc2)CC1)C(=O)O. The Kier molecular flexibility index (Phi) is 6.01. The Morgan fingerprint density at radius 3 is 2.41 bits per heavy atom. The maximum absolute atomic E-state index is 11.1. The highest BCUT2D eigenvalue weighted by atomic mass is 16.4. The van der Waals surface area contributed by atoms with Crippen LogP contribution in [0.4, 0.5) is 0 Å². The Bertz CT molecular complexity index is 462. The minimum atomic E-state index is -0.710. The van der Waals surface area contributed by atoms with Gasteiger partial charge in [-0.05, 0) is 76.4 Å². The van der Waals surface area contributed by atoms with Crippen LogP contribution < -0.4 is 5.32 Å². The number of nitrogens with one attached hydrogen (secondary N) is 1. The van der Waals surface area contributed by atoms with Gasteiger partial charge in [-0.2, -0.15) is 0 Å². The minimum Gasteiger partial charge on any atom is -0.481 e. The highest BCUT2D eigenvalue weighted by molar-refractivity contribution is 5.73. The third-order valence-electron chi connectivity index (χ3n) is 5.06. The molecule has 0 aromatic heterocycles. The summed E-state index contributed by atoms with van der Waals surface area (Å²) in [4.78, 5) is 11.1. The molecule has 0 unspecified atom stereocenters. The van der Waals surface area contributed by atoms with Gasteiger partial charge in [0.15, 0.2) is 0 Å². The van der Waals surface area contributed by atoms with Crippen molar-refractivity contribution in [3.8, 4) is 0 Å². The van der Waals surface area contributed by atoms with E-state index in [0.29, 0.717) is 6.42 Å². The van der Waals surface area contributed by atoms with Crippen LogP contribution in [0.3, 0.4) is 0 Å². The van der Waals surface area contributed by atoms with Gasteiger partial charge in [0.2, 0.25) is 0 Å².